The molecule has 0 unspecified atom stereocenters. The quantitative estimate of drug-likeness (QED) is 0.708. The van der Waals surface area contributed by atoms with E-state index in [2.05, 4.69) is 4.72 Å². The highest BCUT2D eigenvalue weighted by atomic mass is 32.2. The number of aryl methyl sites for hydroxylation is 1. The molecule has 0 spiro atoms. The number of aliphatic hydroxyl groups is 1. The van der Waals surface area contributed by atoms with Crippen LogP contribution in [0, 0.1) is 0 Å². The summed E-state index contributed by atoms with van der Waals surface area (Å²) in [6.45, 7) is 0. The number of carbonyl (C=O) groups is 1. The van der Waals surface area contributed by atoms with Gasteiger partial charge in [0.1, 0.15) is 10.6 Å². The molecule has 1 aromatic heterocycles. The van der Waals surface area contributed by atoms with Gasteiger partial charge in [-0.1, -0.05) is 0 Å². The van der Waals surface area contributed by atoms with Gasteiger partial charge in [-0.25, -0.2) is 13.1 Å². The smallest absolute Gasteiger partial charge is 0.265 e. The third-order valence-electron chi connectivity index (χ3n) is 3.56. The summed E-state index contributed by atoms with van der Waals surface area (Å²) in [7, 11) is -2.11. The third kappa shape index (κ3) is 3.20. The lowest BCUT2D eigenvalue weighted by molar-refractivity contribution is 0.0992. The lowest BCUT2D eigenvalue weighted by Gasteiger charge is -2.25. The van der Waals surface area contributed by atoms with Crippen LogP contribution in [0.3, 0.4) is 0 Å². The molecule has 1 aliphatic carbocycles. The number of aliphatic hydroxyl groups excluding tert-OH is 1. The number of nitrogens with two attached hydrogens (primary N) is 1. The van der Waals surface area contributed by atoms with Gasteiger partial charge in [-0.05, 0) is 31.7 Å². The molecule has 1 amide bonds. The van der Waals surface area contributed by atoms with Crippen molar-refractivity contribution in [1.29, 1.82) is 0 Å². The maximum absolute atomic E-state index is 12.2. The second-order valence-corrected chi connectivity index (χ2v) is 6.88. The SMILES string of the molecule is Cn1cc(S(=O)(=O)NC2CCC(O)CC2)cc1C(N)=O. The van der Waals surface area contributed by atoms with Crippen LogP contribution in [0.15, 0.2) is 17.2 Å². The molecule has 0 aromatic carbocycles. The van der Waals surface area contributed by atoms with E-state index < -0.39 is 15.9 Å². The van der Waals surface area contributed by atoms with Crippen LogP contribution in [0.1, 0.15) is 36.2 Å². The molecular weight excluding hydrogens is 282 g/mol. The van der Waals surface area contributed by atoms with Crippen molar-refractivity contribution in [3.05, 3.63) is 18.0 Å². The fourth-order valence-corrected chi connectivity index (χ4v) is 3.78. The summed E-state index contributed by atoms with van der Waals surface area (Å²) in [5.74, 6) is -0.672. The molecule has 1 aliphatic rings. The molecule has 0 saturated heterocycles. The molecule has 20 heavy (non-hydrogen) atoms. The van der Waals surface area contributed by atoms with Crippen LogP contribution < -0.4 is 10.5 Å². The van der Waals surface area contributed by atoms with Crippen molar-refractivity contribution in [3.8, 4) is 0 Å². The number of amides is 1. The molecule has 0 aliphatic heterocycles. The topological polar surface area (TPSA) is 114 Å². The van der Waals surface area contributed by atoms with Crippen molar-refractivity contribution < 1.29 is 18.3 Å². The summed E-state index contributed by atoms with van der Waals surface area (Å²) >= 11 is 0. The van der Waals surface area contributed by atoms with Crippen LogP contribution in [-0.2, 0) is 17.1 Å². The van der Waals surface area contributed by atoms with Crippen molar-refractivity contribution >= 4 is 15.9 Å². The molecule has 7 nitrogen and oxygen atoms in total. The van der Waals surface area contributed by atoms with Gasteiger partial charge >= 0.3 is 0 Å². The first kappa shape index (κ1) is 15.0. The van der Waals surface area contributed by atoms with Crippen LogP contribution in [0.2, 0.25) is 0 Å². The first-order valence-corrected chi connectivity index (χ1v) is 7.94. The molecule has 0 radical (unpaired) electrons. The van der Waals surface area contributed by atoms with Gasteiger partial charge in [-0.3, -0.25) is 4.79 Å². The van der Waals surface area contributed by atoms with Crippen molar-refractivity contribution in [2.24, 2.45) is 12.8 Å². The normalized spacial score (nSPS) is 23.7. The van der Waals surface area contributed by atoms with Crippen LogP contribution in [-0.4, -0.2) is 36.1 Å². The molecule has 1 fully saturated rings. The lowest BCUT2D eigenvalue weighted by atomic mass is 9.94. The minimum absolute atomic E-state index is 0.0277. The average molecular weight is 301 g/mol. The summed E-state index contributed by atoms with van der Waals surface area (Å²) in [5, 5.41) is 9.41. The van der Waals surface area contributed by atoms with Crippen molar-refractivity contribution in [2.45, 2.75) is 42.7 Å². The Kier molecular flexibility index (Phi) is 4.17. The number of sulfonamides is 1. The molecule has 112 valence electrons. The monoisotopic (exact) mass is 301 g/mol. The maximum atomic E-state index is 12.2. The van der Waals surface area contributed by atoms with Gasteiger partial charge < -0.3 is 15.4 Å². The van der Waals surface area contributed by atoms with Crippen molar-refractivity contribution in [2.75, 3.05) is 0 Å². The fourth-order valence-electron chi connectivity index (χ4n) is 2.41. The molecule has 0 bridgehead atoms. The number of hydrogen-bond acceptors (Lipinski definition) is 4. The predicted octanol–water partition coefficient (Wildman–Crippen LogP) is -0.294. The van der Waals surface area contributed by atoms with E-state index in [4.69, 9.17) is 5.73 Å². The number of carbonyl (C=O) groups excluding carboxylic acids is 1. The number of primary amides is 1. The van der Waals surface area contributed by atoms with Gasteiger partial charge in [-0.2, -0.15) is 0 Å². The van der Waals surface area contributed by atoms with E-state index in [0.717, 1.165) is 0 Å². The Labute approximate surface area is 117 Å². The summed E-state index contributed by atoms with van der Waals surface area (Å²) in [6, 6.07) is 1.09. The standard InChI is InChI=1S/C12H19N3O4S/c1-15-7-10(6-11(15)12(13)17)20(18,19)14-8-2-4-9(16)5-3-8/h6-9,14,16H,2-5H2,1H3,(H2,13,17). The van der Waals surface area contributed by atoms with Gasteiger partial charge in [0.25, 0.3) is 5.91 Å². The summed E-state index contributed by atoms with van der Waals surface area (Å²) in [4.78, 5) is 11.2. The van der Waals surface area contributed by atoms with Crippen LogP contribution in [0.25, 0.3) is 0 Å². The first-order chi connectivity index (χ1) is 9.29. The minimum atomic E-state index is -3.67. The van der Waals surface area contributed by atoms with Crippen molar-refractivity contribution in [3.63, 3.8) is 0 Å². The Morgan fingerprint density at radius 3 is 2.50 bits per heavy atom. The minimum Gasteiger partial charge on any atom is -0.393 e. The van der Waals surface area contributed by atoms with E-state index in [0.29, 0.717) is 25.7 Å². The Hall–Kier alpha value is -1.38. The van der Waals surface area contributed by atoms with E-state index in [9.17, 15) is 18.3 Å². The van der Waals surface area contributed by atoms with Crippen LogP contribution >= 0.6 is 0 Å². The Morgan fingerprint density at radius 2 is 2.00 bits per heavy atom. The van der Waals surface area contributed by atoms with Gasteiger partial charge in [0, 0.05) is 19.3 Å². The third-order valence-corrected chi connectivity index (χ3v) is 5.05. The second kappa shape index (κ2) is 5.55. The number of nitrogens with one attached hydrogen (secondary N) is 1. The van der Waals surface area contributed by atoms with Gasteiger partial charge in [0.05, 0.1) is 6.10 Å². The maximum Gasteiger partial charge on any atom is 0.265 e. The molecule has 1 saturated carbocycles. The first-order valence-electron chi connectivity index (χ1n) is 6.46. The zero-order valence-electron chi connectivity index (χ0n) is 11.2. The zero-order chi connectivity index (χ0) is 14.9. The highest BCUT2D eigenvalue weighted by Gasteiger charge is 2.26. The lowest BCUT2D eigenvalue weighted by Crippen LogP contribution is -2.38. The van der Waals surface area contributed by atoms with E-state index >= 15 is 0 Å². The molecule has 2 rings (SSSR count). The summed E-state index contributed by atoms with van der Waals surface area (Å²) in [6.07, 6.45) is 3.42. The van der Waals surface area contributed by atoms with Crippen LogP contribution in [0.4, 0.5) is 0 Å². The van der Waals surface area contributed by atoms with E-state index in [1.54, 1.807) is 7.05 Å². The number of rotatable bonds is 4. The van der Waals surface area contributed by atoms with Gasteiger partial charge in [-0.15, -0.1) is 0 Å². The number of nitrogens with zero attached hydrogens (tertiary/aromatic N) is 1. The Morgan fingerprint density at radius 1 is 1.40 bits per heavy atom. The Balaban J connectivity index is 2.14. The van der Waals surface area contributed by atoms with E-state index in [1.165, 1.54) is 16.8 Å². The molecule has 1 aromatic rings. The molecule has 0 atom stereocenters. The predicted molar refractivity (Wildman–Crippen MR) is 72.5 cm³/mol. The molecule has 8 heteroatoms. The van der Waals surface area contributed by atoms with E-state index in [1.807, 2.05) is 0 Å². The number of hydrogen-bond donors (Lipinski definition) is 3. The Bertz CT molecular complexity index is 600. The molecule has 1 heterocycles. The van der Waals surface area contributed by atoms with Crippen molar-refractivity contribution in [1.82, 2.24) is 9.29 Å². The molecule has 4 N–H and O–H groups in total. The fraction of sp³-hybridized carbons (Fsp3) is 0.583. The van der Waals surface area contributed by atoms with Crippen LogP contribution in [0.5, 0.6) is 0 Å². The molecular formula is C12H19N3O4S. The summed E-state index contributed by atoms with van der Waals surface area (Å²) in [5.41, 5.74) is 5.31. The highest BCUT2D eigenvalue weighted by Crippen LogP contribution is 2.21. The zero-order valence-corrected chi connectivity index (χ0v) is 12.1. The van der Waals surface area contributed by atoms with Gasteiger partial charge in [0.15, 0.2) is 0 Å². The highest BCUT2D eigenvalue weighted by molar-refractivity contribution is 7.89. The largest absolute Gasteiger partial charge is 0.393 e. The van der Waals surface area contributed by atoms with E-state index in [-0.39, 0.29) is 22.7 Å². The average Bonchev–Trinajstić information content (AvgIpc) is 2.75. The van der Waals surface area contributed by atoms with Gasteiger partial charge in [0.2, 0.25) is 10.0 Å². The second-order valence-electron chi connectivity index (χ2n) is 5.16. The number of aromatic nitrogens is 1. The summed E-state index contributed by atoms with van der Waals surface area (Å²) < 4.78 is 28.5.